The average molecular weight is 1100 g/mol. The molecule has 0 spiro atoms. The third-order valence-corrected chi connectivity index (χ3v) is 13.4. The number of rotatable bonds is 9. The van der Waals surface area contributed by atoms with E-state index in [1.165, 1.54) is 29.1 Å². The van der Waals surface area contributed by atoms with Gasteiger partial charge in [-0.1, -0.05) is 60.5 Å². The second kappa shape index (κ2) is 26.0. The Morgan fingerprint density at radius 2 is 1.17 bits per heavy atom. The highest BCUT2D eigenvalue weighted by molar-refractivity contribution is 7.92. The number of aryl methyl sites for hydroxylation is 1. The van der Waals surface area contributed by atoms with Crippen molar-refractivity contribution in [1.29, 1.82) is 0 Å². The van der Waals surface area contributed by atoms with Gasteiger partial charge < -0.3 is 20.1 Å². The Morgan fingerprint density at radius 3 is 1.63 bits per heavy atom. The molecule has 2 saturated heterocycles. The quantitative estimate of drug-likeness (QED) is 0.0843. The lowest BCUT2D eigenvalue weighted by Crippen LogP contribution is -2.35. The van der Waals surface area contributed by atoms with Gasteiger partial charge in [0.1, 0.15) is 34.4 Å². The topological polar surface area (TPSA) is 267 Å². The molecule has 27 heteroatoms. The molecule has 2 aliphatic heterocycles. The number of imide groups is 2. The third kappa shape index (κ3) is 14.8. The van der Waals surface area contributed by atoms with Crippen LogP contribution in [0.2, 0.25) is 10.0 Å². The minimum atomic E-state index is -3.30. The van der Waals surface area contributed by atoms with Crippen LogP contribution in [0.3, 0.4) is 0 Å². The number of aromatic amines is 1. The van der Waals surface area contributed by atoms with E-state index in [4.69, 9.17) is 32.7 Å². The predicted molar refractivity (Wildman–Crippen MR) is 266 cm³/mol. The van der Waals surface area contributed by atoms with E-state index in [-0.39, 0.29) is 35.1 Å². The number of hydrogen-bond acceptors (Lipinski definition) is 14. The third-order valence-electron chi connectivity index (χ3n) is 10.8. The number of halogens is 6. The Hall–Kier alpha value is -7.71. The Labute approximate surface area is 435 Å². The standard InChI is InChI=1S/C20H17ClF2N6O3.C15H9ClF2N6O2.C12H16O3S.CH4/c21-12-10-11(18-26-28-29(27-18)16-6-1-2-9-32-16)7-8-15(12)24-20(31)25-19(30)17-13(22)4-3-5-14(17)23;16-8-6-7(13-21-23-24-22-13)4-5-11(8)19-15(26)20-14(25)12-9(17)2-1-3-10(12)18;1-10-5-7-11(8-6-10)16(13,14)12-4-2-3-9-15-12;/h3-5,7-8,10,16H,1-2,6,9H2,(H2,24,25,30,31);1-6H,(H2,19,20,25,26)(H,21,22,23,24);5-8,12H,2-4,9H2,1H3;1H4. The minimum absolute atomic E-state index is 0. The lowest BCUT2D eigenvalue weighted by atomic mass is 10.2. The van der Waals surface area contributed by atoms with Crippen LogP contribution < -0.4 is 21.3 Å². The van der Waals surface area contributed by atoms with Gasteiger partial charge in [0.15, 0.2) is 11.7 Å². The molecule has 2 fully saturated rings. The summed E-state index contributed by atoms with van der Waals surface area (Å²) < 4.78 is 89.8. The smallest absolute Gasteiger partial charge is 0.326 e. The number of tetrazole rings is 2. The molecule has 0 bridgehead atoms. The summed E-state index contributed by atoms with van der Waals surface area (Å²) >= 11 is 12.3. The normalized spacial score (nSPS) is 15.1. The molecule has 75 heavy (non-hydrogen) atoms. The van der Waals surface area contributed by atoms with Crippen molar-refractivity contribution in [3.05, 3.63) is 147 Å². The first-order chi connectivity index (χ1) is 35.5. The number of anilines is 2. The van der Waals surface area contributed by atoms with Gasteiger partial charge in [-0.25, -0.2) is 35.6 Å². The van der Waals surface area contributed by atoms with Gasteiger partial charge in [0.25, 0.3) is 11.8 Å². The van der Waals surface area contributed by atoms with Crippen molar-refractivity contribution in [1.82, 2.24) is 51.5 Å². The lowest BCUT2D eigenvalue weighted by molar-refractivity contribution is -0.0488. The molecule has 6 amide bonds. The zero-order valence-electron chi connectivity index (χ0n) is 38.6. The monoisotopic (exact) mass is 1100 g/mol. The van der Waals surface area contributed by atoms with Crippen molar-refractivity contribution in [3.63, 3.8) is 0 Å². The highest BCUT2D eigenvalue weighted by atomic mass is 35.5. The first-order valence-electron chi connectivity index (χ1n) is 22.3. The molecule has 4 heterocycles. The van der Waals surface area contributed by atoms with Gasteiger partial charge >= 0.3 is 12.1 Å². The number of ether oxygens (including phenoxy) is 2. The number of nitrogens with one attached hydrogen (secondary N) is 5. The van der Waals surface area contributed by atoms with E-state index in [0.717, 1.165) is 74.1 Å². The van der Waals surface area contributed by atoms with E-state index >= 15 is 0 Å². The fraction of sp³-hybridized carbons (Fsp3) is 0.250. The molecule has 0 radical (unpaired) electrons. The molecular weight excluding hydrogens is 1050 g/mol. The summed E-state index contributed by atoms with van der Waals surface area (Å²) in [6.45, 7) is 3.13. The molecule has 2 atom stereocenters. The lowest BCUT2D eigenvalue weighted by Gasteiger charge is -2.22. The van der Waals surface area contributed by atoms with Gasteiger partial charge in [0, 0.05) is 24.3 Å². The van der Waals surface area contributed by atoms with Crippen LogP contribution in [0, 0.1) is 30.2 Å². The van der Waals surface area contributed by atoms with Crippen molar-refractivity contribution >= 4 is 68.3 Å². The molecule has 20 nitrogen and oxygen atoms in total. The Morgan fingerprint density at radius 1 is 0.667 bits per heavy atom. The van der Waals surface area contributed by atoms with E-state index < -0.39 is 73.5 Å². The summed E-state index contributed by atoms with van der Waals surface area (Å²) in [4.78, 5) is 49.7. The second-order valence-corrected chi connectivity index (χ2v) is 18.9. The number of aromatic nitrogens is 8. The largest absolute Gasteiger partial charge is 0.362 e. The SMILES string of the molecule is C.Cc1ccc(S(=O)(=O)C2CCCCO2)cc1.O=C(NC(=O)c1c(F)cccc1F)Nc1ccc(-c2nn[nH]n2)cc1Cl.O=C(NC(=O)c1c(F)cccc1F)Nc1ccc(-c2nnn(C3CCCCO3)n2)cc1Cl. The van der Waals surface area contributed by atoms with Crippen molar-refractivity contribution in [2.45, 2.75) is 69.4 Å². The molecule has 2 aromatic heterocycles. The summed E-state index contributed by atoms with van der Waals surface area (Å²) in [5.41, 5.74) is 0.108. The molecule has 5 aromatic carbocycles. The number of hydrogen-bond donors (Lipinski definition) is 5. The van der Waals surface area contributed by atoms with E-state index in [1.807, 2.05) is 29.7 Å². The molecule has 7 aromatic rings. The van der Waals surface area contributed by atoms with Gasteiger partial charge in [-0.15, -0.1) is 25.2 Å². The molecular formula is C48H46Cl2F4N12O8S. The molecule has 0 saturated carbocycles. The number of carbonyl (C=O) groups excluding carboxylic acids is 4. The maximum atomic E-state index is 13.7. The zero-order valence-corrected chi connectivity index (χ0v) is 41.0. The van der Waals surface area contributed by atoms with Gasteiger partial charge in [0.2, 0.25) is 21.5 Å². The van der Waals surface area contributed by atoms with E-state index in [0.29, 0.717) is 47.3 Å². The molecule has 394 valence electrons. The van der Waals surface area contributed by atoms with Crippen LogP contribution in [0.5, 0.6) is 0 Å². The maximum Gasteiger partial charge on any atom is 0.326 e. The van der Waals surface area contributed by atoms with Crippen molar-refractivity contribution < 1.29 is 54.6 Å². The van der Waals surface area contributed by atoms with Crippen LogP contribution in [0.25, 0.3) is 22.8 Å². The predicted octanol–water partition coefficient (Wildman–Crippen LogP) is 9.62. The van der Waals surface area contributed by atoms with Crippen LogP contribution in [-0.2, 0) is 19.3 Å². The van der Waals surface area contributed by atoms with E-state index in [9.17, 15) is 45.2 Å². The Kier molecular flexibility index (Phi) is 19.6. The van der Waals surface area contributed by atoms with Crippen molar-refractivity contribution in [2.24, 2.45) is 0 Å². The number of carbonyl (C=O) groups is 4. The van der Waals surface area contributed by atoms with Gasteiger partial charge in [-0.3, -0.25) is 20.2 Å². The molecule has 0 aliphatic carbocycles. The molecule has 5 N–H and O–H groups in total. The molecule has 9 rings (SSSR count). The minimum Gasteiger partial charge on any atom is -0.362 e. The first kappa shape index (κ1) is 56.6. The van der Waals surface area contributed by atoms with Crippen LogP contribution in [-0.4, -0.2) is 91.8 Å². The number of benzene rings is 5. The van der Waals surface area contributed by atoms with Crippen LogP contribution in [0.4, 0.5) is 38.5 Å². The number of sulfone groups is 1. The van der Waals surface area contributed by atoms with E-state index in [2.05, 4.69) is 46.7 Å². The fourth-order valence-corrected chi connectivity index (χ4v) is 9.09. The van der Waals surface area contributed by atoms with Crippen molar-refractivity contribution in [2.75, 3.05) is 23.8 Å². The van der Waals surface area contributed by atoms with Gasteiger partial charge in [-0.2, -0.15) is 5.21 Å². The highest BCUT2D eigenvalue weighted by Crippen LogP contribution is 2.30. The summed E-state index contributed by atoms with van der Waals surface area (Å²) in [6.07, 6.45) is 5.04. The fourth-order valence-electron chi connectivity index (χ4n) is 7.07. The Bertz CT molecular complexity index is 3210. The zero-order chi connectivity index (χ0) is 52.9. The number of urea groups is 2. The van der Waals surface area contributed by atoms with Gasteiger partial charge in [-0.05, 0) is 129 Å². The van der Waals surface area contributed by atoms with Gasteiger partial charge in [0.05, 0.1) is 26.3 Å². The maximum absolute atomic E-state index is 13.7. The number of H-pyrrole nitrogens is 1. The summed E-state index contributed by atoms with van der Waals surface area (Å²) in [6, 6.07) is 19.8. The molecule has 2 unspecified atom stereocenters. The summed E-state index contributed by atoms with van der Waals surface area (Å²) in [5.74, 6) is -6.17. The van der Waals surface area contributed by atoms with Crippen LogP contribution >= 0.6 is 23.2 Å². The number of nitrogens with zero attached hydrogens (tertiary/aromatic N) is 7. The average Bonchev–Trinajstić information content (AvgIpc) is 4.11. The first-order valence-corrected chi connectivity index (χ1v) is 24.6. The van der Waals surface area contributed by atoms with Crippen molar-refractivity contribution in [3.8, 4) is 22.8 Å². The van der Waals surface area contributed by atoms with Crippen LogP contribution in [0.1, 0.15) is 78.5 Å². The van der Waals surface area contributed by atoms with Crippen LogP contribution in [0.15, 0.2) is 102 Å². The van der Waals surface area contributed by atoms with E-state index in [1.54, 1.807) is 24.3 Å². The number of amides is 6. The highest BCUT2D eigenvalue weighted by Gasteiger charge is 2.30. The summed E-state index contributed by atoms with van der Waals surface area (Å²) in [7, 11) is -3.30. The summed E-state index contributed by atoms with van der Waals surface area (Å²) in [5, 5.41) is 34.2. The Balaban J connectivity index is 0.000000191. The second-order valence-electron chi connectivity index (χ2n) is 16.0. The molecule has 2 aliphatic rings.